The quantitative estimate of drug-likeness (QED) is 0.579. The van der Waals surface area contributed by atoms with Gasteiger partial charge in [0.1, 0.15) is 35.6 Å². The van der Waals surface area contributed by atoms with E-state index >= 15 is 4.39 Å². The molecule has 2 fully saturated rings. The summed E-state index contributed by atoms with van der Waals surface area (Å²) in [7, 11) is -2.36. The van der Waals surface area contributed by atoms with Crippen LogP contribution >= 0.6 is 0 Å². The second-order valence-corrected chi connectivity index (χ2v) is 10.6. The average Bonchev–Trinajstić information content (AvgIpc) is 3.38. The SMILES string of the molecule is O=S1(=Nc2cc(F)c3c(Nc4ccc(F)cc4O[C@H]4COC[C@@H]4O)ncnc3c2)CCCC1. The van der Waals surface area contributed by atoms with Crippen LogP contribution in [0.15, 0.2) is 41.0 Å². The van der Waals surface area contributed by atoms with E-state index in [2.05, 4.69) is 19.6 Å². The van der Waals surface area contributed by atoms with Crippen LogP contribution in [-0.4, -0.2) is 56.2 Å². The number of aliphatic hydroxyl groups excluding tert-OH is 1. The first kappa shape index (κ1) is 21.9. The van der Waals surface area contributed by atoms with Gasteiger partial charge in [0.2, 0.25) is 0 Å². The molecule has 2 aliphatic heterocycles. The molecule has 0 amide bonds. The number of benzene rings is 2. The molecule has 11 heteroatoms. The summed E-state index contributed by atoms with van der Waals surface area (Å²) in [6, 6.07) is 6.63. The fourth-order valence-electron chi connectivity index (χ4n) is 3.94. The zero-order chi connectivity index (χ0) is 23.0. The molecule has 2 saturated heterocycles. The molecule has 3 heterocycles. The van der Waals surface area contributed by atoms with E-state index in [1.54, 1.807) is 6.07 Å². The number of aliphatic hydroxyl groups is 1. The number of fused-ring (bicyclic) bond motifs is 1. The van der Waals surface area contributed by atoms with Gasteiger partial charge >= 0.3 is 0 Å². The largest absolute Gasteiger partial charge is 0.483 e. The summed E-state index contributed by atoms with van der Waals surface area (Å²) in [6.07, 6.45) is 1.46. The molecule has 0 aliphatic carbocycles. The molecule has 2 atom stereocenters. The molecule has 2 N–H and O–H groups in total. The number of nitrogens with one attached hydrogen (secondary N) is 1. The minimum atomic E-state index is -2.36. The van der Waals surface area contributed by atoms with Crippen molar-refractivity contribution in [2.45, 2.75) is 25.0 Å². The fraction of sp³-hybridized carbons (Fsp3) is 0.364. The van der Waals surface area contributed by atoms with Crippen molar-refractivity contribution in [1.82, 2.24) is 9.97 Å². The second kappa shape index (κ2) is 8.81. The van der Waals surface area contributed by atoms with Crippen LogP contribution in [-0.2, 0) is 14.5 Å². The molecule has 2 aliphatic rings. The van der Waals surface area contributed by atoms with Crippen LogP contribution in [0.25, 0.3) is 10.9 Å². The highest BCUT2D eigenvalue weighted by atomic mass is 32.2. The van der Waals surface area contributed by atoms with Gasteiger partial charge in [-0.05, 0) is 31.0 Å². The first-order valence-corrected chi connectivity index (χ1v) is 12.4. The van der Waals surface area contributed by atoms with Gasteiger partial charge in [-0.1, -0.05) is 0 Å². The Morgan fingerprint density at radius 1 is 1.15 bits per heavy atom. The van der Waals surface area contributed by atoms with Crippen LogP contribution in [0.1, 0.15) is 12.8 Å². The topological polar surface area (TPSA) is 106 Å². The molecule has 8 nitrogen and oxygen atoms in total. The molecular formula is C22H22F2N4O4S. The van der Waals surface area contributed by atoms with E-state index < -0.39 is 33.6 Å². The Morgan fingerprint density at radius 2 is 1.97 bits per heavy atom. The Balaban J connectivity index is 1.50. The summed E-state index contributed by atoms with van der Waals surface area (Å²) in [5, 5.41) is 13.0. The van der Waals surface area contributed by atoms with Crippen molar-refractivity contribution in [3.63, 3.8) is 0 Å². The van der Waals surface area contributed by atoms with Gasteiger partial charge in [0.15, 0.2) is 6.10 Å². The van der Waals surface area contributed by atoms with Gasteiger partial charge in [-0.2, -0.15) is 4.36 Å². The number of hydrogen-bond acceptors (Lipinski definition) is 8. The normalized spacial score (nSPS) is 21.9. The zero-order valence-corrected chi connectivity index (χ0v) is 18.4. The van der Waals surface area contributed by atoms with Gasteiger partial charge in [0, 0.05) is 23.6 Å². The van der Waals surface area contributed by atoms with Crippen LogP contribution in [0.2, 0.25) is 0 Å². The number of anilines is 2. The van der Waals surface area contributed by atoms with E-state index in [1.807, 2.05) is 0 Å². The Morgan fingerprint density at radius 3 is 2.73 bits per heavy atom. The molecule has 33 heavy (non-hydrogen) atoms. The van der Waals surface area contributed by atoms with Gasteiger partial charge in [-0.3, -0.25) is 0 Å². The number of ether oxygens (including phenoxy) is 2. The number of hydrogen-bond donors (Lipinski definition) is 2. The van der Waals surface area contributed by atoms with Gasteiger partial charge < -0.3 is 19.9 Å². The van der Waals surface area contributed by atoms with Crippen LogP contribution in [0.3, 0.4) is 0 Å². The van der Waals surface area contributed by atoms with E-state index in [1.165, 1.54) is 30.6 Å². The minimum absolute atomic E-state index is 0.109. The molecule has 174 valence electrons. The van der Waals surface area contributed by atoms with E-state index in [0.29, 0.717) is 17.2 Å². The molecule has 5 rings (SSSR count). The van der Waals surface area contributed by atoms with Crippen molar-refractivity contribution in [2.75, 3.05) is 30.0 Å². The maximum atomic E-state index is 15.1. The molecule has 2 aromatic carbocycles. The lowest BCUT2D eigenvalue weighted by molar-refractivity contribution is 0.0736. The smallest absolute Gasteiger partial charge is 0.150 e. The number of nitrogens with zero attached hydrogens (tertiary/aromatic N) is 3. The summed E-state index contributed by atoms with van der Waals surface area (Å²) < 4.78 is 57.0. The van der Waals surface area contributed by atoms with Crippen molar-refractivity contribution in [2.24, 2.45) is 4.36 Å². The molecule has 1 aromatic heterocycles. The van der Waals surface area contributed by atoms with Crippen molar-refractivity contribution in [1.29, 1.82) is 0 Å². The van der Waals surface area contributed by atoms with Crippen LogP contribution in [0, 0.1) is 11.6 Å². The molecule has 0 bridgehead atoms. The molecule has 0 spiro atoms. The molecular weight excluding hydrogens is 454 g/mol. The van der Waals surface area contributed by atoms with Crippen LogP contribution in [0.5, 0.6) is 5.75 Å². The van der Waals surface area contributed by atoms with Crippen molar-refractivity contribution < 1.29 is 27.6 Å². The molecule has 3 aromatic rings. The number of rotatable bonds is 5. The predicted octanol–water partition coefficient (Wildman–Crippen LogP) is 3.68. The highest BCUT2D eigenvalue weighted by molar-refractivity contribution is 7.93. The fourth-order valence-corrected chi connectivity index (χ4v) is 6.13. The van der Waals surface area contributed by atoms with Crippen molar-refractivity contribution in [3.8, 4) is 5.75 Å². The summed E-state index contributed by atoms with van der Waals surface area (Å²) >= 11 is 0. The van der Waals surface area contributed by atoms with E-state index in [9.17, 15) is 13.7 Å². The number of aromatic nitrogens is 2. The van der Waals surface area contributed by atoms with Gasteiger partial charge in [-0.15, -0.1) is 0 Å². The Labute approximate surface area is 189 Å². The first-order valence-electron chi connectivity index (χ1n) is 10.6. The maximum absolute atomic E-state index is 15.1. The highest BCUT2D eigenvalue weighted by Gasteiger charge is 2.29. The lowest BCUT2D eigenvalue weighted by Crippen LogP contribution is -2.30. The monoisotopic (exact) mass is 476 g/mol. The molecule has 0 unspecified atom stereocenters. The number of halogens is 2. The predicted molar refractivity (Wildman–Crippen MR) is 120 cm³/mol. The zero-order valence-electron chi connectivity index (χ0n) is 17.5. The summed E-state index contributed by atoms with van der Waals surface area (Å²) in [4.78, 5) is 8.29. The van der Waals surface area contributed by atoms with Crippen molar-refractivity contribution >= 4 is 37.8 Å². The van der Waals surface area contributed by atoms with E-state index in [4.69, 9.17) is 9.47 Å². The minimum Gasteiger partial charge on any atom is -0.483 e. The van der Waals surface area contributed by atoms with E-state index in [-0.39, 0.29) is 41.4 Å². The highest BCUT2D eigenvalue weighted by Crippen LogP contribution is 2.34. The molecule has 0 radical (unpaired) electrons. The summed E-state index contributed by atoms with van der Waals surface area (Å²) in [5.41, 5.74) is 0.895. The summed E-state index contributed by atoms with van der Waals surface area (Å²) in [6.45, 7) is 0.294. The molecule has 0 saturated carbocycles. The van der Waals surface area contributed by atoms with Crippen LogP contribution in [0.4, 0.5) is 26.0 Å². The maximum Gasteiger partial charge on any atom is 0.150 e. The lowest BCUT2D eigenvalue weighted by Gasteiger charge is -2.19. The van der Waals surface area contributed by atoms with Crippen molar-refractivity contribution in [3.05, 3.63) is 48.3 Å². The van der Waals surface area contributed by atoms with Crippen LogP contribution < -0.4 is 10.1 Å². The third kappa shape index (κ3) is 4.61. The Kier molecular flexibility index (Phi) is 5.85. The standard InChI is InChI=1S/C22H22F2N4O4S/c23-13-3-4-16(19(7-13)32-20-11-31-10-18(20)29)27-22-21-15(24)8-14(9-17(21)25-12-26-22)28-33(30)5-1-2-6-33/h3-4,7-9,12,18,20,29H,1-2,5-6,10-11H2,(H,25,26,27)/t18-,20-/m0/s1. The third-order valence-electron chi connectivity index (χ3n) is 5.60. The van der Waals surface area contributed by atoms with Gasteiger partial charge in [0.05, 0.1) is 45.2 Å². The first-order chi connectivity index (χ1) is 15.9. The summed E-state index contributed by atoms with van der Waals surface area (Å²) in [5.74, 6) is 0.138. The second-order valence-electron chi connectivity index (χ2n) is 8.05. The van der Waals surface area contributed by atoms with Gasteiger partial charge in [0.25, 0.3) is 0 Å². The average molecular weight is 477 g/mol. The third-order valence-corrected chi connectivity index (χ3v) is 7.99. The van der Waals surface area contributed by atoms with Gasteiger partial charge in [-0.25, -0.2) is 23.0 Å². The van der Waals surface area contributed by atoms with E-state index in [0.717, 1.165) is 12.8 Å². The Hall–Kier alpha value is -2.89. The Bertz CT molecular complexity index is 1320. The lowest BCUT2D eigenvalue weighted by atomic mass is 10.2.